The highest BCUT2D eigenvalue weighted by Crippen LogP contribution is 2.29. The van der Waals surface area contributed by atoms with E-state index in [4.69, 9.17) is 4.74 Å². The Morgan fingerprint density at radius 3 is 2.37 bits per heavy atom. The highest BCUT2D eigenvalue weighted by atomic mass is 79.9. The minimum Gasteiger partial charge on any atom is -0.497 e. The molecule has 0 radical (unpaired) electrons. The van der Waals surface area contributed by atoms with Gasteiger partial charge in [-0.2, -0.15) is 0 Å². The summed E-state index contributed by atoms with van der Waals surface area (Å²) in [6, 6.07) is 15.3. The predicted octanol–water partition coefficient (Wildman–Crippen LogP) is 5.27. The molecule has 140 valence electrons. The number of aromatic nitrogens is 3. The first-order valence-corrected chi connectivity index (χ1v) is 10.3. The second-order valence-electron chi connectivity index (χ2n) is 6.22. The molecule has 0 amide bonds. The van der Waals surface area contributed by atoms with E-state index < -0.39 is 0 Å². The number of benzene rings is 2. The van der Waals surface area contributed by atoms with Crippen LogP contribution in [-0.2, 0) is 0 Å². The largest absolute Gasteiger partial charge is 0.497 e. The van der Waals surface area contributed by atoms with Crippen molar-refractivity contribution >= 4 is 33.5 Å². The van der Waals surface area contributed by atoms with Crippen molar-refractivity contribution in [2.75, 3.05) is 12.9 Å². The molecule has 0 atom stereocenters. The Morgan fingerprint density at radius 1 is 1.11 bits per heavy atom. The molecular weight excluding hydrogens is 426 g/mol. The van der Waals surface area contributed by atoms with Crippen molar-refractivity contribution < 1.29 is 9.53 Å². The Balaban J connectivity index is 1.80. The van der Waals surface area contributed by atoms with Crippen molar-refractivity contribution in [2.24, 2.45) is 0 Å². The van der Waals surface area contributed by atoms with Crippen LogP contribution in [0, 0.1) is 0 Å². The SMILES string of the molecule is COc1ccc(-c2nnc(SCC(=O)c3ccc(Br)cc3)n2C(C)C)cc1. The van der Waals surface area contributed by atoms with E-state index in [1.807, 2.05) is 48.5 Å². The van der Waals surface area contributed by atoms with Gasteiger partial charge in [-0.3, -0.25) is 9.36 Å². The molecule has 0 aliphatic rings. The first-order chi connectivity index (χ1) is 13.0. The number of methoxy groups -OCH3 is 1. The van der Waals surface area contributed by atoms with E-state index >= 15 is 0 Å². The molecule has 0 unspecified atom stereocenters. The van der Waals surface area contributed by atoms with Gasteiger partial charge in [0.05, 0.1) is 12.9 Å². The molecular formula is C20H20BrN3O2S. The van der Waals surface area contributed by atoms with Crippen LogP contribution >= 0.6 is 27.7 Å². The summed E-state index contributed by atoms with van der Waals surface area (Å²) in [5.41, 5.74) is 1.65. The summed E-state index contributed by atoms with van der Waals surface area (Å²) in [5, 5.41) is 9.42. The quantitative estimate of drug-likeness (QED) is 0.366. The third-order valence-corrected chi connectivity index (χ3v) is 5.50. The molecule has 2 aromatic carbocycles. The predicted molar refractivity (Wildman–Crippen MR) is 112 cm³/mol. The summed E-state index contributed by atoms with van der Waals surface area (Å²) in [4.78, 5) is 12.5. The van der Waals surface area contributed by atoms with Crippen LogP contribution < -0.4 is 4.74 Å². The van der Waals surface area contributed by atoms with Gasteiger partial charge in [0, 0.05) is 21.6 Å². The number of rotatable bonds is 7. The zero-order valence-corrected chi connectivity index (χ0v) is 17.8. The maximum atomic E-state index is 12.5. The summed E-state index contributed by atoms with van der Waals surface area (Å²) in [6.07, 6.45) is 0. The summed E-state index contributed by atoms with van der Waals surface area (Å²) < 4.78 is 8.23. The number of Topliss-reactive ketones (excluding diaryl/α,β-unsaturated/α-hetero) is 1. The molecule has 0 spiro atoms. The molecule has 0 saturated carbocycles. The Bertz CT molecular complexity index is 921. The zero-order chi connectivity index (χ0) is 19.4. The van der Waals surface area contributed by atoms with E-state index in [1.165, 1.54) is 11.8 Å². The molecule has 5 nitrogen and oxygen atoms in total. The van der Waals surface area contributed by atoms with Gasteiger partial charge in [0.1, 0.15) is 5.75 Å². The molecule has 0 aliphatic heterocycles. The summed E-state index contributed by atoms with van der Waals surface area (Å²) in [7, 11) is 1.64. The number of ketones is 1. The van der Waals surface area contributed by atoms with Gasteiger partial charge in [-0.05, 0) is 50.2 Å². The number of hydrogen-bond donors (Lipinski definition) is 0. The third-order valence-electron chi connectivity index (χ3n) is 4.03. The van der Waals surface area contributed by atoms with Crippen LogP contribution in [-0.4, -0.2) is 33.4 Å². The minimum absolute atomic E-state index is 0.0665. The van der Waals surface area contributed by atoms with E-state index in [0.29, 0.717) is 11.3 Å². The monoisotopic (exact) mass is 445 g/mol. The van der Waals surface area contributed by atoms with Crippen molar-refractivity contribution in [3.05, 3.63) is 58.6 Å². The Morgan fingerprint density at radius 2 is 1.78 bits per heavy atom. The van der Waals surface area contributed by atoms with E-state index in [0.717, 1.165) is 26.8 Å². The molecule has 3 rings (SSSR count). The van der Waals surface area contributed by atoms with Crippen molar-refractivity contribution in [2.45, 2.75) is 25.0 Å². The highest BCUT2D eigenvalue weighted by molar-refractivity contribution is 9.10. The fourth-order valence-corrected chi connectivity index (χ4v) is 3.85. The lowest BCUT2D eigenvalue weighted by Gasteiger charge is -2.14. The molecule has 0 fully saturated rings. The van der Waals surface area contributed by atoms with Gasteiger partial charge in [0.2, 0.25) is 0 Å². The summed E-state index contributed by atoms with van der Waals surface area (Å²) >= 11 is 4.79. The van der Waals surface area contributed by atoms with Crippen molar-refractivity contribution in [3.8, 4) is 17.1 Å². The van der Waals surface area contributed by atoms with E-state index in [9.17, 15) is 4.79 Å². The lowest BCUT2D eigenvalue weighted by atomic mass is 10.2. The molecule has 0 N–H and O–H groups in total. The average molecular weight is 446 g/mol. The second-order valence-corrected chi connectivity index (χ2v) is 8.08. The average Bonchev–Trinajstić information content (AvgIpc) is 3.11. The van der Waals surface area contributed by atoms with Gasteiger partial charge >= 0.3 is 0 Å². The highest BCUT2D eigenvalue weighted by Gasteiger charge is 2.18. The number of ether oxygens (including phenoxy) is 1. The van der Waals surface area contributed by atoms with Crippen LogP contribution in [0.1, 0.15) is 30.2 Å². The van der Waals surface area contributed by atoms with Crippen LogP contribution in [0.25, 0.3) is 11.4 Å². The molecule has 1 aromatic heterocycles. The maximum absolute atomic E-state index is 12.5. The standard InChI is InChI=1S/C20H20BrN3O2S/c1-13(2)24-19(15-6-10-17(26-3)11-7-15)22-23-20(24)27-12-18(25)14-4-8-16(21)9-5-14/h4-11,13H,12H2,1-3H3. The third kappa shape index (κ3) is 4.59. The number of carbonyl (C=O) groups is 1. The fraction of sp³-hybridized carbons (Fsp3) is 0.250. The number of thioether (sulfide) groups is 1. The van der Waals surface area contributed by atoms with Crippen molar-refractivity contribution in [1.82, 2.24) is 14.8 Å². The number of carbonyl (C=O) groups excluding carboxylic acids is 1. The normalized spacial score (nSPS) is 11.0. The Kier molecular flexibility index (Phi) is 6.34. The van der Waals surface area contributed by atoms with Gasteiger partial charge in [-0.1, -0.05) is 39.8 Å². The smallest absolute Gasteiger partial charge is 0.192 e. The zero-order valence-electron chi connectivity index (χ0n) is 15.3. The molecule has 1 heterocycles. The first kappa shape index (κ1) is 19.6. The number of nitrogens with zero attached hydrogens (tertiary/aromatic N) is 3. The van der Waals surface area contributed by atoms with Crippen LogP contribution in [0.5, 0.6) is 5.75 Å². The van der Waals surface area contributed by atoms with Gasteiger partial charge in [-0.25, -0.2) is 0 Å². The van der Waals surface area contributed by atoms with Gasteiger partial charge in [0.15, 0.2) is 16.8 Å². The molecule has 7 heteroatoms. The molecule has 0 saturated heterocycles. The first-order valence-electron chi connectivity index (χ1n) is 8.50. The van der Waals surface area contributed by atoms with Crippen LogP contribution in [0.15, 0.2) is 58.2 Å². The second kappa shape index (κ2) is 8.71. The van der Waals surface area contributed by atoms with Crippen molar-refractivity contribution in [1.29, 1.82) is 0 Å². The van der Waals surface area contributed by atoms with Gasteiger partial charge < -0.3 is 4.74 Å². The fourth-order valence-electron chi connectivity index (χ4n) is 2.63. The molecule has 27 heavy (non-hydrogen) atoms. The van der Waals surface area contributed by atoms with Crippen LogP contribution in [0.3, 0.4) is 0 Å². The van der Waals surface area contributed by atoms with E-state index in [2.05, 4.69) is 44.5 Å². The summed E-state index contributed by atoms with van der Waals surface area (Å²) in [5.74, 6) is 1.96. The van der Waals surface area contributed by atoms with Crippen molar-refractivity contribution in [3.63, 3.8) is 0 Å². The van der Waals surface area contributed by atoms with Gasteiger partial charge in [-0.15, -0.1) is 10.2 Å². The van der Waals surface area contributed by atoms with Gasteiger partial charge in [0.25, 0.3) is 0 Å². The Labute approximate surface area is 171 Å². The number of halogens is 1. The minimum atomic E-state index is 0.0665. The molecule has 0 aliphatic carbocycles. The van der Waals surface area contributed by atoms with Crippen LogP contribution in [0.4, 0.5) is 0 Å². The topological polar surface area (TPSA) is 57.0 Å². The lowest BCUT2D eigenvalue weighted by molar-refractivity contribution is 0.102. The lowest BCUT2D eigenvalue weighted by Crippen LogP contribution is -2.07. The maximum Gasteiger partial charge on any atom is 0.192 e. The summed E-state index contributed by atoms with van der Waals surface area (Å²) in [6.45, 7) is 4.16. The number of hydrogen-bond acceptors (Lipinski definition) is 5. The Hall–Kier alpha value is -2.12. The molecule has 3 aromatic rings. The molecule has 0 bridgehead atoms. The van der Waals surface area contributed by atoms with E-state index in [1.54, 1.807) is 7.11 Å². The van der Waals surface area contributed by atoms with E-state index in [-0.39, 0.29) is 11.8 Å². The van der Waals surface area contributed by atoms with Crippen LogP contribution in [0.2, 0.25) is 0 Å².